The lowest BCUT2D eigenvalue weighted by Gasteiger charge is -2.10. The van der Waals surface area contributed by atoms with Crippen LogP contribution in [0.2, 0.25) is 5.02 Å². The summed E-state index contributed by atoms with van der Waals surface area (Å²) in [6, 6.07) is 12.5. The number of amides is 1. The van der Waals surface area contributed by atoms with Crippen molar-refractivity contribution < 1.29 is 18.9 Å². The van der Waals surface area contributed by atoms with Gasteiger partial charge in [0.2, 0.25) is 5.82 Å². The second-order valence-electron chi connectivity index (χ2n) is 6.40. The molecule has 1 amide bonds. The first-order chi connectivity index (χ1) is 13.4. The van der Waals surface area contributed by atoms with Gasteiger partial charge in [-0.25, -0.2) is 4.63 Å². The summed E-state index contributed by atoms with van der Waals surface area (Å²) in [7, 11) is 0. The Kier molecular flexibility index (Phi) is 6.16. The molecule has 28 heavy (non-hydrogen) atoms. The largest absolute Gasteiger partial charge is 0.491 e. The van der Waals surface area contributed by atoms with Gasteiger partial charge in [-0.05, 0) is 79.1 Å². The lowest BCUT2D eigenvalue weighted by atomic mass is 10.1. The number of aromatic nitrogens is 2. The lowest BCUT2D eigenvalue weighted by Crippen LogP contribution is -2.20. The molecular formula is C20H20ClN3O4. The Morgan fingerprint density at radius 1 is 1.14 bits per heavy atom. The summed E-state index contributed by atoms with van der Waals surface area (Å²) in [5, 5.41) is 10.9. The number of aryl methyl sites for hydroxylation is 1. The summed E-state index contributed by atoms with van der Waals surface area (Å²) < 4.78 is 15.9. The molecule has 3 aromatic rings. The summed E-state index contributed by atoms with van der Waals surface area (Å²) in [6.45, 7) is 5.58. The van der Waals surface area contributed by atoms with Crippen LogP contribution in [0, 0.1) is 6.92 Å². The van der Waals surface area contributed by atoms with Crippen molar-refractivity contribution >= 4 is 23.3 Å². The normalized spacial score (nSPS) is 10.8. The molecule has 0 unspecified atom stereocenters. The maximum absolute atomic E-state index is 12.2. The third kappa shape index (κ3) is 5.01. The molecule has 0 spiro atoms. The van der Waals surface area contributed by atoms with Gasteiger partial charge in [-0.1, -0.05) is 11.6 Å². The van der Waals surface area contributed by atoms with Crippen LogP contribution in [0.15, 0.2) is 47.1 Å². The molecule has 0 bridgehead atoms. The van der Waals surface area contributed by atoms with E-state index in [0.29, 0.717) is 16.5 Å². The summed E-state index contributed by atoms with van der Waals surface area (Å²) in [6.07, 6.45) is 0.0823. The van der Waals surface area contributed by atoms with E-state index in [0.717, 1.165) is 16.9 Å². The molecule has 7 nitrogen and oxygen atoms in total. The first-order valence-corrected chi connectivity index (χ1v) is 9.08. The molecule has 1 N–H and O–H groups in total. The molecular weight excluding hydrogens is 382 g/mol. The van der Waals surface area contributed by atoms with Crippen molar-refractivity contribution in [2.24, 2.45) is 0 Å². The molecule has 1 aromatic heterocycles. The van der Waals surface area contributed by atoms with Crippen molar-refractivity contribution in [1.29, 1.82) is 0 Å². The number of nitrogens with zero attached hydrogens (tertiary/aromatic N) is 2. The fourth-order valence-corrected chi connectivity index (χ4v) is 2.57. The quantitative estimate of drug-likeness (QED) is 0.627. The molecule has 0 aliphatic carbocycles. The van der Waals surface area contributed by atoms with E-state index >= 15 is 0 Å². The van der Waals surface area contributed by atoms with Crippen LogP contribution in [0.25, 0.3) is 11.3 Å². The Bertz CT molecular complexity index is 954. The number of carbonyl (C=O) groups is 1. The second-order valence-corrected chi connectivity index (χ2v) is 6.81. The molecule has 0 fully saturated rings. The summed E-state index contributed by atoms with van der Waals surface area (Å²) in [4.78, 5) is 12.2. The highest BCUT2D eigenvalue weighted by Gasteiger charge is 2.16. The van der Waals surface area contributed by atoms with E-state index in [1.165, 1.54) is 0 Å². The van der Waals surface area contributed by atoms with Gasteiger partial charge in [-0.2, -0.15) is 0 Å². The van der Waals surface area contributed by atoms with E-state index in [2.05, 4.69) is 15.6 Å². The number of carbonyl (C=O) groups excluding carboxylic acids is 1. The average Bonchev–Trinajstić information content (AvgIpc) is 3.11. The standard InChI is InChI=1S/C20H20ClN3O4/c1-12(2)27-15-6-4-14(5-7-15)19-20(24-28-23-19)22-18(25)11-26-16-8-9-17(21)13(3)10-16/h4-10,12H,11H2,1-3H3,(H,22,24,25). The van der Waals surface area contributed by atoms with Gasteiger partial charge in [-0.15, -0.1) is 0 Å². The highest BCUT2D eigenvalue weighted by Crippen LogP contribution is 2.27. The Balaban J connectivity index is 1.63. The number of rotatable bonds is 7. The van der Waals surface area contributed by atoms with Crippen molar-refractivity contribution in [2.75, 3.05) is 11.9 Å². The fourth-order valence-electron chi connectivity index (χ4n) is 2.45. The van der Waals surface area contributed by atoms with Crippen LogP contribution in [0.1, 0.15) is 19.4 Å². The van der Waals surface area contributed by atoms with Gasteiger partial charge in [0.25, 0.3) is 5.91 Å². The van der Waals surface area contributed by atoms with Crippen molar-refractivity contribution in [3.8, 4) is 22.8 Å². The topological polar surface area (TPSA) is 86.5 Å². The SMILES string of the molecule is Cc1cc(OCC(=O)Nc2nonc2-c2ccc(OC(C)C)cc2)ccc1Cl. The second kappa shape index (κ2) is 8.75. The Morgan fingerprint density at radius 2 is 1.86 bits per heavy atom. The van der Waals surface area contributed by atoms with E-state index in [4.69, 9.17) is 25.7 Å². The van der Waals surface area contributed by atoms with Crippen LogP contribution in [-0.4, -0.2) is 28.9 Å². The lowest BCUT2D eigenvalue weighted by molar-refractivity contribution is -0.118. The summed E-state index contributed by atoms with van der Waals surface area (Å²) in [5.41, 5.74) is 2.03. The van der Waals surface area contributed by atoms with Crippen LogP contribution in [-0.2, 0) is 4.79 Å². The molecule has 0 saturated heterocycles. The maximum atomic E-state index is 12.2. The van der Waals surface area contributed by atoms with E-state index in [1.54, 1.807) is 18.2 Å². The number of nitrogens with one attached hydrogen (secondary N) is 1. The van der Waals surface area contributed by atoms with Crippen molar-refractivity contribution in [1.82, 2.24) is 10.3 Å². The highest BCUT2D eigenvalue weighted by atomic mass is 35.5. The number of benzene rings is 2. The molecule has 0 radical (unpaired) electrons. The minimum atomic E-state index is -0.385. The number of hydrogen-bond donors (Lipinski definition) is 1. The molecule has 146 valence electrons. The van der Waals surface area contributed by atoms with Gasteiger partial charge in [-0.3, -0.25) is 4.79 Å². The first-order valence-electron chi connectivity index (χ1n) is 8.71. The minimum Gasteiger partial charge on any atom is -0.491 e. The number of hydrogen-bond acceptors (Lipinski definition) is 6. The predicted octanol–water partition coefficient (Wildman–Crippen LogP) is 4.50. The van der Waals surface area contributed by atoms with Crippen molar-refractivity contribution in [2.45, 2.75) is 26.9 Å². The van der Waals surface area contributed by atoms with Crippen LogP contribution < -0.4 is 14.8 Å². The number of halogens is 1. The first kappa shape index (κ1) is 19.7. The summed E-state index contributed by atoms with van der Waals surface area (Å²) in [5.74, 6) is 1.13. The van der Waals surface area contributed by atoms with Gasteiger partial charge >= 0.3 is 0 Å². The van der Waals surface area contributed by atoms with Gasteiger partial charge in [0.05, 0.1) is 6.10 Å². The third-order valence-corrected chi connectivity index (χ3v) is 4.17. The third-order valence-electron chi connectivity index (χ3n) is 3.75. The average molecular weight is 402 g/mol. The molecule has 0 atom stereocenters. The van der Waals surface area contributed by atoms with E-state index < -0.39 is 0 Å². The molecule has 8 heteroatoms. The predicted molar refractivity (Wildman–Crippen MR) is 106 cm³/mol. The van der Waals surface area contributed by atoms with Crippen LogP contribution in [0.3, 0.4) is 0 Å². The highest BCUT2D eigenvalue weighted by molar-refractivity contribution is 6.31. The van der Waals surface area contributed by atoms with Crippen molar-refractivity contribution in [3.05, 3.63) is 53.1 Å². The minimum absolute atomic E-state index is 0.0823. The summed E-state index contributed by atoms with van der Waals surface area (Å²) >= 11 is 5.98. The van der Waals surface area contributed by atoms with E-state index in [-0.39, 0.29) is 24.4 Å². The maximum Gasteiger partial charge on any atom is 0.263 e. The molecule has 0 aliphatic heterocycles. The zero-order valence-corrected chi connectivity index (χ0v) is 16.5. The van der Waals surface area contributed by atoms with Crippen molar-refractivity contribution in [3.63, 3.8) is 0 Å². The number of ether oxygens (including phenoxy) is 2. The Morgan fingerprint density at radius 3 is 2.54 bits per heavy atom. The monoisotopic (exact) mass is 401 g/mol. The molecule has 3 rings (SSSR count). The van der Waals surface area contributed by atoms with Gasteiger partial charge in [0.15, 0.2) is 12.3 Å². The van der Waals surface area contributed by atoms with Crippen LogP contribution in [0.5, 0.6) is 11.5 Å². The molecule has 1 heterocycles. The Hall–Kier alpha value is -3.06. The van der Waals surface area contributed by atoms with E-state index in [9.17, 15) is 4.79 Å². The van der Waals surface area contributed by atoms with Gasteiger partial charge in [0.1, 0.15) is 11.5 Å². The smallest absolute Gasteiger partial charge is 0.263 e. The zero-order chi connectivity index (χ0) is 20.1. The Labute approximate surface area is 167 Å². The van der Waals surface area contributed by atoms with Crippen LogP contribution >= 0.6 is 11.6 Å². The van der Waals surface area contributed by atoms with Gasteiger partial charge < -0.3 is 14.8 Å². The molecule has 0 aliphatic rings. The zero-order valence-electron chi connectivity index (χ0n) is 15.7. The molecule has 2 aromatic carbocycles. The van der Waals surface area contributed by atoms with Gasteiger partial charge in [0, 0.05) is 10.6 Å². The number of anilines is 1. The molecule has 0 saturated carbocycles. The van der Waals surface area contributed by atoms with Crippen LogP contribution in [0.4, 0.5) is 5.82 Å². The van der Waals surface area contributed by atoms with E-state index in [1.807, 2.05) is 45.0 Å². The fraction of sp³-hybridized carbons (Fsp3) is 0.250.